The van der Waals surface area contributed by atoms with Gasteiger partial charge in [-0.3, -0.25) is 9.36 Å². The summed E-state index contributed by atoms with van der Waals surface area (Å²) in [6.07, 6.45) is 0. The SMILES string of the molecule is COC[C@H](C)n1c(SCc2ccc(Cl)cc2)nc2ccccc2c1=O. The van der Waals surface area contributed by atoms with Crippen LogP contribution in [0.5, 0.6) is 0 Å². The molecule has 3 rings (SSSR count). The molecule has 0 fully saturated rings. The standard InChI is InChI=1S/C19H19ClN2O2S/c1-13(11-24-2)22-18(23)16-5-3-4-6-17(16)21-19(22)25-12-14-7-9-15(20)10-8-14/h3-10,13H,11-12H2,1-2H3/t13-/m0/s1. The number of benzene rings is 2. The summed E-state index contributed by atoms with van der Waals surface area (Å²) < 4.78 is 6.97. The van der Waals surface area contributed by atoms with E-state index in [1.165, 1.54) is 0 Å². The molecular formula is C19H19ClN2O2S. The Balaban J connectivity index is 2.00. The first-order valence-corrected chi connectivity index (χ1v) is 9.34. The van der Waals surface area contributed by atoms with Crippen molar-refractivity contribution in [3.05, 3.63) is 69.5 Å². The lowest BCUT2D eigenvalue weighted by Gasteiger charge is -2.18. The zero-order chi connectivity index (χ0) is 17.8. The van der Waals surface area contributed by atoms with E-state index in [1.54, 1.807) is 23.4 Å². The number of nitrogens with zero attached hydrogens (tertiary/aromatic N) is 2. The zero-order valence-electron chi connectivity index (χ0n) is 14.1. The van der Waals surface area contributed by atoms with Crippen LogP contribution in [0.2, 0.25) is 5.02 Å². The third-order valence-electron chi connectivity index (χ3n) is 3.91. The van der Waals surface area contributed by atoms with Gasteiger partial charge in [-0.2, -0.15) is 0 Å². The number of thioether (sulfide) groups is 1. The second kappa shape index (κ2) is 8.04. The highest BCUT2D eigenvalue weighted by Crippen LogP contribution is 2.25. The van der Waals surface area contributed by atoms with E-state index in [2.05, 4.69) is 0 Å². The molecule has 0 N–H and O–H groups in total. The van der Waals surface area contributed by atoms with Gasteiger partial charge in [-0.15, -0.1) is 0 Å². The molecule has 0 radical (unpaired) electrons. The van der Waals surface area contributed by atoms with Crippen LogP contribution >= 0.6 is 23.4 Å². The van der Waals surface area contributed by atoms with E-state index < -0.39 is 0 Å². The number of ether oxygens (including phenoxy) is 1. The molecule has 1 atom stereocenters. The van der Waals surface area contributed by atoms with Crippen molar-refractivity contribution in [1.29, 1.82) is 0 Å². The van der Waals surface area contributed by atoms with E-state index in [0.29, 0.717) is 33.4 Å². The number of fused-ring (bicyclic) bond motifs is 1. The van der Waals surface area contributed by atoms with Gasteiger partial charge in [-0.1, -0.05) is 47.6 Å². The molecule has 0 aliphatic heterocycles. The minimum absolute atomic E-state index is 0.0336. The number of rotatable bonds is 6. The first-order chi connectivity index (χ1) is 12.1. The molecular weight excluding hydrogens is 356 g/mol. The summed E-state index contributed by atoms with van der Waals surface area (Å²) in [5, 5.41) is 2.03. The van der Waals surface area contributed by atoms with E-state index in [0.717, 1.165) is 5.56 Å². The van der Waals surface area contributed by atoms with Gasteiger partial charge in [-0.25, -0.2) is 4.98 Å². The monoisotopic (exact) mass is 374 g/mol. The lowest BCUT2D eigenvalue weighted by Crippen LogP contribution is -2.28. The normalized spacial score (nSPS) is 12.4. The van der Waals surface area contributed by atoms with E-state index >= 15 is 0 Å². The second-order valence-corrected chi connectivity index (χ2v) is 7.19. The Morgan fingerprint density at radius 2 is 1.92 bits per heavy atom. The van der Waals surface area contributed by atoms with Crippen molar-refractivity contribution in [3.8, 4) is 0 Å². The first-order valence-electron chi connectivity index (χ1n) is 7.97. The third-order valence-corrected chi connectivity index (χ3v) is 5.18. The molecule has 0 unspecified atom stereocenters. The summed E-state index contributed by atoms with van der Waals surface area (Å²) >= 11 is 7.48. The fourth-order valence-electron chi connectivity index (χ4n) is 2.66. The molecule has 0 aliphatic carbocycles. The maximum Gasteiger partial charge on any atom is 0.262 e. The average Bonchev–Trinajstić information content (AvgIpc) is 2.61. The van der Waals surface area contributed by atoms with Crippen molar-refractivity contribution >= 4 is 34.3 Å². The third kappa shape index (κ3) is 4.06. The quantitative estimate of drug-likeness (QED) is 0.469. The smallest absolute Gasteiger partial charge is 0.262 e. The first kappa shape index (κ1) is 18.0. The predicted octanol–water partition coefficient (Wildman–Crippen LogP) is 4.55. The van der Waals surface area contributed by atoms with Gasteiger partial charge in [0.05, 0.1) is 23.6 Å². The van der Waals surface area contributed by atoms with Gasteiger partial charge >= 0.3 is 0 Å². The van der Waals surface area contributed by atoms with Gasteiger partial charge in [0.2, 0.25) is 0 Å². The molecule has 130 valence electrons. The minimum atomic E-state index is -0.0951. The van der Waals surface area contributed by atoms with Crippen molar-refractivity contribution in [1.82, 2.24) is 9.55 Å². The van der Waals surface area contributed by atoms with Gasteiger partial charge in [0, 0.05) is 17.9 Å². The van der Waals surface area contributed by atoms with Crippen molar-refractivity contribution in [2.45, 2.75) is 23.9 Å². The van der Waals surface area contributed by atoms with Crippen LogP contribution < -0.4 is 5.56 Å². The molecule has 0 aliphatic rings. The molecule has 0 amide bonds. The number of halogens is 1. The van der Waals surface area contributed by atoms with Crippen LogP contribution in [0.4, 0.5) is 0 Å². The Bertz CT molecular complexity index is 925. The summed E-state index contributed by atoms with van der Waals surface area (Å²) in [6.45, 7) is 2.42. The van der Waals surface area contributed by atoms with Crippen molar-refractivity contribution in [2.75, 3.05) is 13.7 Å². The number of hydrogen-bond donors (Lipinski definition) is 0. The Morgan fingerprint density at radius 1 is 1.20 bits per heavy atom. The summed E-state index contributed by atoms with van der Waals surface area (Å²) in [7, 11) is 1.64. The fourth-order valence-corrected chi connectivity index (χ4v) is 3.84. The molecule has 0 saturated carbocycles. The largest absolute Gasteiger partial charge is 0.383 e. The van der Waals surface area contributed by atoms with Crippen LogP contribution in [0, 0.1) is 0 Å². The molecule has 6 heteroatoms. The van der Waals surface area contributed by atoms with E-state index in [1.807, 2.05) is 55.5 Å². The Morgan fingerprint density at radius 3 is 2.64 bits per heavy atom. The van der Waals surface area contributed by atoms with Crippen LogP contribution in [0.3, 0.4) is 0 Å². The fraction of sp³-hybridized carbons (Fsp3) is 0.263. The van der Waals surface area contributed by atoms with Gasteiger partial charge in [0.15, 0.2) is 5.16 Å². The maximum atomic E-state index is 13.0. The van der Waals surface area contributed by atoms with Crippen LogP contribution in [0.25, 0.3) is 10.9 Å². The van der Waals surface area contributed by atoms with E-state index in [4.69, 9.17) is 21.3 Å². The predicted molar refractivity (Wildman–Crippen MR) is 104 cm³/mol. The molecule has 0 spiro atoms. The molecule has 2 aromatic carbocycles. The average molecular weight is 375 g/mol. The summed E-state index contributed by atoms with van der Waals surface area (Å²) in [4.78, 5) is 17.7. The summed E-state index contributed by atoms with van der Waals surface area (Å²) in [5.41, 5.74) is 1.81. The van der Waals surface area contributed by atoms with Crippen LogP contribution in [0.1, 0.15) is 18.5 Å². The molecule has 25 heavy (non-hydrogen) atoms. The van der Waals surface area contributed by atoms with Gasteiger partial charge in [0.1, 0.15) is 0 Å². The lowest BCUT2D eigenvalue weighted by atomic mass is 10.2. The Hall–Kier alpha value is -1.82. The number of aromatic nitrogens is 2. The number of methoxy groups -OCH3 is 1. The van der Waals surface area contributed by atoms with Crippen molar-refractivity contribution in [3.63, 3.8) is 0 Å². The summed E-state index contributed by atoms with van der Waals surface area (Å²) in [5.74, 6) is 0.710. The number of para-hydroxylation sites is 1. The highest BCUT2D eigenvalue weighted by atomic mass is 35.5. The maximum absolute atomic E-state index is 13.0. The highest BCUT2D eigenvalue weighted by molar-refractivity contribution is 7.98. The van der Waals surface area contributed by atoms with Gasteiger partial charge in [-0.05, 0) is 36.8 Å². The lowest BCUT2D eigenvalue weighted by molar-refractivity contribution is 0.156. The van der Waals surface area contributed by atoms with E-state index in [-0.39, 0.29) is 11.6 Å². The van der Waals surface area contributed by atoms with Crippen LogP contribution in [-0.2, 0) is 10.5 Å². The molecule has 4 nitrogen and oxygen atoms in total. The van der Waals surface area contributed by atoms with Crippen LogP contribution in [0.15, 0.2) is 58.5 Å². The van der Waals surface area contributed by atoms with Gasteiger partial charge in [0.25, 0.3) is 5.56 Å². The molecule has 1 aromatic heterocycles. The van der Waals surface area contributed by atoms with E-state index in [9.17, 15) is 4.79 Å². The number of hydrogen-bond acceptors (Lipinski definition) is 4. The van der Waals surface area contributed by atoms with Crippen molar-refractivity contribution in [2.24, 2.45) is 0 Å². The molecule has 1 heterocycles. The molecule has 0 saturated heterocycles. The minimum Gasteiger partial charge on any atom is -0.383 e. The molecule has 3 aromatic rings. The van der Waals surface area contributed by atoms with Crippen molar-refractivity contribution < 1.29 is 4.74 Å². The Kier molecular flexibility index (Phi) is 5.78. The van der Waals surface area contributed by atoms with Gasteiger partial charge < -0.3 is 4.74 Å². The zero-order valence-corrected chi connectivity index (χ0v) is 15.7. The van der Waals surface area contributed by atoms with Crippen LogP contribution in [-0.4, -0.2) is 23.3 Å². The second-order valence-electron chi connectivity index (χ2n) is 5.81. The summed E-state index contributed by atoms with van der Waals surface area (Å²) in [6, 6.07) is 15.0. The molecule has 0 bridgehead atoms. The topological polar surface area (TPSA) is 44.1 Å². The Labute approximate surface area is 155 Å². The highest BCUT2D eigenvalue weighted by Gasteiger charge is 2.16.